The molecule has 1 aromatic heterocycles. The van der Waals surface area contributed by atoms with Crippen LogP contribution in [0.15, 0.2) is 140 Å². The first-order valence-electron chi connectivity index (χ1n) is 24.2. The number of carbonyl (C=O) groups is 5. The van der Waals surface area contributed by atoms with Crippen LogP contribution in [-0.2, 0) is 69.1 Å². The van der Waals surface area contributed by atoms with Gasteiger partial charge in [0.05, 0.1) is 24.2 Å². The van der Waals surface area contributed by atoms with E-state index in [9.17, 15) is 29.1 Å². The number of hydrogen-bond acceptors (Lipinski definition) is 16. The molecule has 10 atom stereocenters. The summed E-state index contributed by atoms with van der Waals surface area (Å²) in [5.74, 6) is -0.699. The van der Waals surface area contributed by atoms with E-state index in [1.165, 1.54) is 37.4 Å². The molecule has 0 radical (unpaired) electrons. The molecule has 0 spiro atoms. The van der Waals surface area contributed by atoms with E-state index in [4.69, 9.17) is 50.1 Å². The SMILES string of the molecule is CO[C@H]1[C@H](OC(=S)n2ccnc2)[C@@H](NC(=O)OCc2ccccc2)[C@@H](O[C@@H]2O[C@H]([C@H](C)NC(=O)OCc3ccccc3)CC[C@H]2NC(=O)OCc2ccccc2)[C@@H](O)[C@H]1N(C)C(=O)CNC(=O)OCc1ccccc1. The minimum Gasteiger partial charge on any atom is -0.462 e. The smallest absolute Gasteiger partial charge is 0.407 e. The molecule has 75 heavy (non-hydrogen) atoms. The second-order valence-electron chi connectivity index (χ2n) is 17.7. The molecule has 7 rings (SSSR count). The van der Waals surface area contributed by atoms with Gasteiger partial charge in [-0.05, 0) is 54.2 Å². The van der Waals surface area contributed by atoms with Gasteiger partial charge >= 0.3 is 24.4 Å². The van der Waals surface area contributed by atoms with Crippen molar-refractivity contribution in [2.75, 3.05) is 20.7 Å². The lowest BCUT2D eigenvalue weighted by Gasteiger charge is -2.52. The third-order valence-electron chi connectivity index (χ3n) is 12.5. The van der Waals surface area contributed by atoms with Crippen LogP contribution in [0.25, 0.3) is 0 Å². The molecular weight excluding hydrogens is 991 g/mol. The third-order valence-corrected chi connectivity index (χ3v) is 12.8. The number of nitrogens with one attached hydrogen (secondary N) is 4. The highest BCUT2D eigenvalue weighted by Crippen LogP contribution is 2.34. The van der Waals surface area contributed by atoms with Crippen LogP contribution in [0.5, 0.6) is 0 Å². The Morgan fingerprint density at radius 1 is 0.720 bits per heavy atom. The van der Waals surface area contributed by atoms with Gasteiger partial charge in [-0.15, -0.1) is 0 Å². The Morgan fingerprint density at radius 2 is 1.23 bits per heavy atom. The van der Waals surface area contributed by atoms with Crippen LogP contribution in [0.2, 0.25) is 0 Å². The van der Waals surface area contributed by atoms with Crippen LogP contribution < -0.4 is 21.3 Å². The van der Waals surface area contributed by atoms with Gasteiger partial charge in [0.1, 0.15) is 63.7 Å². The van der Waals surface area contributed by atoms with E-state index < -0.39 is 97.8 Å². The van der Waals surface area contributed by atoms with E-state index in [1.807, 2.05) is 60.7 Å². The van der Waals surface area contributed by atoms with E-state index in [1.54, 1.807) is 67.6 Å². The number of benzene rings is 4. The molecule has 398 valence electrons. The van der Waals surface area contributed by atoms with Gasteiger partial charge in [-0.1, -0.05) is 121 Å². The number of carbonyl (C=O) groups excluding carboxylic acids is 5. The molecule has 0 bridgehead atoms. The fourth-order valence-corrected chi connectivity index (χ4v) is 8.82. The molecule has 5 aromatic rings. The lowest BCUT2D eigenvalue weighted by Crippen LogP contribution is -2.74. The highest BCUT2D eigenvalue weighted by atomic mass is 32.1. The molecule has 4 aromatic carbocycles. The van der Waals surface area contributed by atoms with Crippen molar-refractivity contribution in [2.24, 2.45) is 0 Å². The minimum atomic E-state index is -1.77. The quantitative estimate of drug-likeness (QED) is 0.0517. The Labute approximate surface area is 439 Å². The van der Waals surface area contributed by atoms with Crippen LogP contribution in [0.1, 0.15) is 42.0 Å². The zero-order chi connectivity index (χ0) is 53.1. The maximum Gasteiger partial charge on any atom is 0.407 e. The van der Waals surface area contributed by atoms with Crippen molar-refractivity contribution < 1.29 is 67.0 Å². The number of rotatable bonds is 19. The van der Waals surface area contributed by atoms with Gasteiger partial charge in [-0.3, -0.25) is 9.36 Å². The molecule has 2 fully saturated rings. The van der Waals surface area contributed by atoms with Crippen LogP contribution in [0, 0.1) is 0 Å². The molecule has 22 heteroatoms. The molecule has 1 saturated heterocycles. The number of aliphatic hydroxyl groups is 1. The van der Waals surface area contributed by atoms with Crippen LogP contribution in [0.3, 0.4) is 0 Å². The molecule has 5 N–H and O–H groups in total. The van der Waals surface area contributed by atoms with Crippen LogP contribution >= 0.6 is 12.2 Å². The second kappa shape index (κ2) is 27.6. The van der Waals surface area contributed by atoms with Crippen molar-refractivity contribution in [1.82, 2.24) is 35.7 Å². The molecule has 21 nitrogen and oxygen atoms in total. The number of nitrogens with zero attached hydrogens (tertiary/aromatic N) is 3. The van der Waals surface area contributed by atoms with Crippen molar-refractivity contribution in [3.63, 3.8) is 0 Å². The van der Waals surface area contributed by atoms with Gasteiger partial charge in [-0.2, -0.15) is 0 Å². The molecular formula is C53H61N7O14S. The Hall–Kier alpha value is -7.63. The number of aromatic nitrogens is 2. The number of hydrogen-bond donors (Lipinski definition) is 5. The van der Waals surface area contributed by atoms with Gasteiger partial charge in [0.2, 0.25) is 5.91 Å². The topological polar surface area (TPSA) is 249 Å². The van der Waals surface area contributed by atoms with E-state index in [0.717, 1.165) is 21.6 Å². The van der Waals surface area contributed by atoms with Crippen molar-refractivity contribution >= 4 is 47.7 Å². The minimum absolute atomic E-state index is 0.0119. The molecule has 1 saturated carbocycles. The monoisotopic (exact) mass is 1050 g/mol. The summed E-state index contributed by atoms with van der Waals surface area (Å²) in [5, 5.41) is 23.5. The number of alkyl carbamates (subject to hydrolysis) is 4. The first-order valence-corrected chi connectivity index (χ1v) is 24.6. The highest BCUT2D eigenvalue weighted by Gasteiger charge is 2.57. The van der Waals surface area contributed by atoms with Gasteiger partial charge in [0.15, 0.2) is 12.4 Å². The summed E-state index contributed by atoms with van der Waals surface area (Å²) in [6.45, 7) is 0.877. The molecule has 2 heterocycles. The Kier molecular flexibility index (Phi) is 20.3. The van der Waals surface area contributed by atoms with Gasteiger partial charge in [0.25, 0.3) is 5.17 Å². The van der Waals surface area contributed by atoms with Gasteiger partial charge in [0, 0.05) is 26.6 Å². The zero-order valence-electron chi connectivity index (χ0n) is 41.5. The van der Waals surface area contributed by atoms with Crippen molar-refractivity contribution in [3.05, 3.63) is 162 Å². The lowest BCUT2D eigenvalue weighted by molar-refractivity contribution is -0.271. The van der Waals surface area contributed by atoms with Crippen molar-refractivity contribution in [1.29, 1.82) is 0 Å². The highest BCUT2D eigenvalue weighted by molar-refractivity contribution is 7.80. The Bertz CT molecular complexity index is 2610. The Morgan fingerprint density at radius 3 is 1.73 bits per heavy atom. The molecule has 1 aliphatic carbocycles. The van der Waals surface area contributed by atoms with Gasteiger partial charge < -0.3 is 69.2 Å². The largest absolute Gasteiger partial charge is 0.462 e. The first-order chi connectivity index (χ1) is 36.4. The average molecular weight is 1050 g/mol. The summed E-state index contributed by atoms with van der Waals surface area (Å²) in [6.07, 6.45) is -6.81. The fraction of sp³-hybridized carbons (Fsp3) is 0.377. The van der Waals surface area contributed by atoms with Gasteiger partial charge in [-0.25, -0.2) is 24.2 Å². The molecule has 5 amide bonds. The zero-order valence-corrected chi connectivity index (χ0v) is 42.3. The van der Waals surface area contributed by atoms with Crippen molar-refractivity contribution in [3.8, 4) is 0 Å². The van der Waals surface area contributed by atoms with Crippen LogP contribution in [-0.4, -0.2) is 137 Å². The summed E-state index contributed by atoms with van der Waals surface area (Å²) in [7, 11) is 2.70. The average Bonchev–Trinajstić information content (AvgIpc) is 3.99. The van der Waals surface area contributed by atoms with Crippen LogP contribution in [0.4, 0.5) is 19.2 Å². The van der Waals surface area contributed by atoms with E-state index >= 15 is 0 Å². The predicted molar refractivity (Wildman–Crippen MR) is 272 cm³/mol. The number of ether oxygens (including phenoxy) is 8. The molecule has 2 aliphatic rings. The first kappa shape index (κ1) is 55.1. The third kappa shape index (κ3) is 15.9. The maximum absolute atomic E-state index is 14.1. The Balaban J connectivity index is 1.19. The summed E-state index contributed by atoms with van der Waals surface area (Å²) in [4.78, 5) is 72.9. The summed E-state index contributed by atoms with van der Waals surface area (Å²) in [6, 6.07) is 31.6. The number of amides is 5. The predicted octanol–water partition coefficient (Wildman–Crippen LogP) is 5.34. The summed E-state index contributed by atoms with van der Waals surface area (Å²) >= 11 is 5.73. The van der Waals surface area contributed by atoms with E-state index in [2.05, 4.69) is 26.3 Å². The summed E-state index contributed by atoms with van der Waals surface area (Å²) in [5.41, 5.74) is 2.91. The number of likely N-dealkylation sites (N-methyl/N-ethyl adjacent to an activating group) is 1. The second-order valence-corrected chi connectivity index (χ2v) is 18.0. The number of aliphatic hydroxyl groups excluding tert-OH is 1. The van der Waals surface area contributed by atoms with E-state index in [0.29, 0.717) is 5.56 Å². The molecule has 0 unspecified atom stereocenters. The molecule has 1 aliphatic heterocycles. The fourth-order valence-electron chi connectivity index (χ4n) is 8.60. The number of thiocarbonyl (C=S) groups is 1. The number of methoxy groups -OCH3 is 1. The van der Waals surface area contributed by atoms with Crippen molar-refractivity contribution in [2.45, 2.75) is 107 Å². The maximum atomic E-state index is 14.1. The normalized spacial score (nSPS) is 22.5. The standard InChI is InChI=1S/C53H61N7O14S/c1-34(56-50(64)69-30-36-18-10-5-11-19-36)40-25-24-39(57-51(65)70-31-37-20-12-6-13-21-37)48(72-40)73-45-42(58-52(66)71-32-38-22-14-7-15-23-38)46(74-53(75)60-27-26-54-33-60)47(67-3)43(44(45)62)59(2)41(61)28-55-49(63)68-29-35-16-8-4-9-17-35/h4-23,26-27,33-34,39-40,42-48,62H,24-25,28-32H2,1-3H3,(H,55,63)(H,56,64)(H,57,65)(H,58,66)/t34-,39+,40-,42-,43+,44-,45+,46+,47+,48-/m0/s1. The number of imidazole rings is 1. The lowest BCUT2D eigenvalue weighted by atomic mass is 9.80. The summed E-state index contributed by atoms with van der Waals surface area (Å²) < 4.78 is 49.5. The van der Waals surface area contributed by atoms with E-state index in [-0.39, 0.29) is 44.4 Å².